The number of hydrogen-bond acceptors (Lipinski definition) is 5. The Hall–Kier alpha value is -2.08. The highest BCUT2D eigenvalue weighted by Gasteiger charge is 2.15. The monoisotopic (exact) mass is 398 g/mol. The van der Waals surface area contributed by atoms with E-state index in [-0.39, 0.29) is 0 Å². The summed E-state index contributed by atoms with van der Waals surface area (Å²) >= 11 is 0. The van der Waals surface area contributed by atoms with E-state index in [1.165, 1.54) is 11.1 Å². The number of hydrogen-bond donors (Lipinski definition) is 2. The number of aliphatic hydroxyl groups is 1. The molecule has 5 nitrogen and oxygen atoms in total. The average Bonchev–Trinajstić information content (AvgIpc) is 2.77. The van der Waals surface area contributed by atoms with E-state index >= 15 is 0 Å². The maximum absolute atomic E-state index is 10.3. The summed E-state index contributed by atoms with van der Waals surface area (Å²) in [6.45, 7) is 4.97. The van der Waals surface area contributed by atoms with Gasteiger partial charge in [0, 0.05) is 32.7 Å². The molecule has 158 valence electrons. The molecule has 0 radical (unpaired) electrons. The molecule has 1 unspecified atom stereocenters. The second-order valence-corrected chi connectivity index (χ2v) is 7.68. The molecule has 1 heterocycles. The highest BCUT2D eigenvalue weighted by Crippen LogP contribution is 2.21. The molecule has 1 aliphatic heterocycles. The number of piperazine rings is 1. The highest BCUT2D eigenvalue weighted by atomic mass is 16.5. The van der Waals surface area contributed by atoms with Crippen molar-refractivity contribution in [3.05, 3.63) is 59.7 Å². The molecule has 0 aliphatic carbocycles. The molecule has 2 N–H and O–H groups in total. The van der Waals surface area contributed by atoms with E-state index in [0.29, 0.717) is 13.2 Å². The van der Waals surface area contributed by atoms with E-state index in [1.54, 1.807) is 7.11 Å². The van der Waals surface area contributed by atoms with Crippen LogP contribution in [0.1, 0.15) is 24.0 Å². The average molecular weight is 399 g/mol. The van der Waals surface area contributed by atoms with Crippen LogP contribution in [0, 0.1) is 0 Å². The van der Waals surface area contributed by atoms with Crippen molar-refractivity contribution < 1.29 is 14.6 Å². The lowest BCUT2D eigenvalue weighted by molar-refractivity contribution is 0.0638. The predicted molar refractivity (Wildman–Crippen MR) is 117 cm³/mol. The van der Waals surface area contributed by atoms with Gasteiger partial charge in [-0.15, -0.1) is 0 Å². The number of unbranched alkanes of at least 4 members (excludes halogenated alkanes) is 1. The number of aliphatic hydroxyl groups excluding tert-OH is 1. The standard InChI is InChI=1S/C24H34N2O3/c1-28-23-12-10-20(11-13-23)6-2-3-7-21-8-4-5-9-24(21)29-19-22(27)18-26-16-14-25-15-17-26/h4-5,8-13,22,25,27H,2-3,6-7,14-19H2,1H3. The largest absolute Gasteiger partial charge is 0.497 e. The second-order valence-electron chi connectivity index (χ2n) is 7.68. The smallest absolute Gasteiger partial charge is 0.122 e. The van der Waals surface area contributed by atoms with Crippen molar-refractivity contribution in [3.63, 3.8) is 0 Å². The van der Waals surface area contributed by atoms with Crippen LogP contribution >= 0.6 is 0 Å². The Balaban J connectivity index is 1.40. The van der Waals surface area contributed by atoms with E-state index in [9.17, 15) is 5.11 Å². The molecule has 0 aromatic heterocycles. The Labute approximate surface area is 174 Å². The quantitative estimate of drug-likeness (QED) is 0.570. The van der Waals surface area contributed by atoms with Gasteiger partial charge in [-0.25, -0.2) is 0 Å². The molecule has 2 aromatic rings. The van der Waals surface area contributed by atoms with Gasteiger partial charge in [-0.3, -0.25) is 4.90 Å². The summed E-state index contributed by atoms with van der Waals surface area (Å²) in [4.78, 5) is 2.29. The van der Waals surface area contributed by atoms with Crippen LogP contribution in [0.25, 0.3) is 0 Å². The fourth-order valence-electron chi connectivity index (χ4n) is 3.72. The van der Waals surface area contributed by atoms with Crippen molar-refractivity contribution in [1.82, 2.24) is 10.2 Å². The molecule has 5 heteroatoms. The van der Waals surface area contributed by atoms with Crippen LogP contribution in [0.2, 0.25) is 0 Å². The summed E-state index contributed by atoms with van der Waals surface area (Å²) in [7, 11) is 1.69. The molecule has 29 heavy (non-hydrogen) atoms. The van der Waals surface area contributed by atoms with Crippen LogP contribution in [0.4, 0.5) is 0 Å². The Morgan fingerprint density at radius 2 is 1.72 bits per heavy atom. The third kappa shape index (κ3) is 7.35. The molecular weight excluding hydrogens is 364 g/mol. The first-order valence-electron chi connectivity index (χ1n) is 10.7. The van der Waals surface area contributed by atoms with E-state index in [2.05, 4.69) is 34.5 Å². The SMILES string of the molecule is COc1ccc(CCCCc2ccccc2OCC(O)CN2CCNCC2)cc1. The number of ether oxygens (including phenoxy) is 2. The van der Waals surface area contributed by atoms with Crippen molar-refractivity contribution in [3.8, 4) is 11.5 Å². The summed E-state index contributed by atoms with van der Waals surface area (Å²) < 4.78 is 11.2. The van der Waals surface area contributed by atoms with Gasteiger partial charge in [-0.1, -0.05) is 30.3 Å². The van der Waals surface area contributed by atoms with Gasteiger partial charge in [-0.05, 0) is 55.0 Å². The van der Waals surface area contributed by atoms with Gasteiger partial charge in [0.25, 0.3) is 0 Å². The maximum Gasteiger partial charge on any atom is 0.122 e. The normalized spacial score (nSPS) is 15.8. The molecule has 1 saturated heterocycles. The van der Waals surface area contributed by atoms with Crippen molar-refractivity contribution in [2.45, 2.75) is 31.8 Å². The molecule has 1 atom stereocenters. The van der Waals surface area contributed by atoms with E-state index in [0.717, 1.165) is 63.4 Å². The number of nitrogens with one attached hydrogen (secondary N) is 1. The van der Waals surface area contributed by atoms with E-state index in [4.69, 9.17) is 9.47 Å². The van der Waals surface area contributed by atoms with Crippen LogP contribution in [-0.2, 0) is 12.8 Å². The first-order valence-corrected chi connectivity index (χ1v) is 10.7. The minimum absolute atomic E-state index is 0.340. The number of nitrogens with zero attached hydrogens (tertiary/aromatic N) is 1. The van der Waals surface area contributed by atoms with Gasteiger partial charge in [-0.2, -0.15) is 0 Å². The number of β-amino-alcohol motifs (C(OH)–C–C–N with tert-alkyl or cyclic N) is 1. The Morgan fingerprint density at radius 3 is 2.48 bits per heavy atom. The zero-order chi connectivity index (χ0) is 20.3. The molecule has 1 aliphatic rings. The van der Waals surface area contributed by atoms with Crippen LogP contribution in [-0.4, -0.2) is 62.6 Å². The fraction of sp³-hybridized carbons (Fsp3) is 0.500. The van der Waals surface area contributed by atoms with E-state index in [1.807, 2.05) is 24.3 Å². The van der Waals surface area contributed by atoms with Gasteiger partial charge >= 0.3 is 0 Å². The Morgan fingerprint density at radius 1 is 1.00 bits per heavy atom. The molecule has 2 aromatic carbocycles. The van der Waals surface area contributed by atoms with Gasteiger partial charge in [0.1, 0.15) is 24.2 Å². The number of benzene rings is 2. The van der Waals surface area contributed by atoms with Crippen molar-refractivity contribution in [2.75, 3.05) is 46.4 Å². The third-order valence-electron chi connectivity index (χ3n) is 5.40. The minimum Gasteiger partial charge on any atom is -0.497 e. The van der Waals surface area contributed by atoms with Crippen molar-refractivity contribution in [1.29, 1.82) is 0 Å². The number of aryl methyl sites for hydroxylation is 2. The Bertz CT molecular complexity index is 714. The van der Waals surface area contributed by atoms with Crippen molar-refractivity contribution >= 4 is 0 Å². The fourth-order valence-corrected chi connectivity index (χ4v) is 3.72. The predicted octanol–water partition coefficient (Wildman–Crippen LogP) is 2.91. The zero-order valence-electron chi connectivity index (χ0n) is 17.5. The molecule has 0 amide bonds. The molecule has 1 fully saturated rings. The molecule has 3 rings (SSSR count). The van der Waals surface area contributed by atoms with Crippen molar-refractivity contribution in [2.24, 2.45) is 0 Å². The maximum atomic E-state index is 10.3. The lowest BCUT2D eigenvalue weighted by Crippen LogP contribution is -2.47. The molecule has 0 bridgehead atoms. The first-order chi connectivity index (χ1) is 14.2. The minimum atomic E-state index is -0.462. The van der Waals surface area contributed by atoms with Crippen LogP contribution in [0.5, 0.6) is 11.5 Å². The summed E-state index contributed by atoms with van der Waals surface area (Å²) in [6, 6.07) is 16.5. The van der Waals surface area contributed by atoms with Crippen LogP contribution < -0.4 is 14.8 Å². The summed E-state index contributed by atoms with van der Waals surface area (Å²) in [5.74, 6) is 1.80. The summed E-state index contributed by atoms with van der Waals surface area (Å²) in [5.41, 5.74) is 2.56. The first kappa shape index (κ1) is 21.6. The van der Waals surface area contributed by atoms with Crippen LogP contribution in [0.15, 0.2) is 48.5 Å². The number of methoxy groups -OCH3 is 1. The Kier molecular flexibility index (Phi) is 8.81. The van der Waals surface area contributed by atoms with Gasteiger partial charge in [0.05, 0.1) is 7.11 Å². The summed E-state index contributed by atoms with van der Waals surface area (Å²) in [6.07, 6.45) is 3.83. The zero-order valence-corrected chi connectivity index (χ0v) is 17.5. The highest BCUT2D eigenvalue weighted by molar-refractivity contribution is 5.33. The number of para-hydroxylation sites is 1. The lowest BCUT2D eigenvalue weighted by atomic mass is 10.0. The summed E-state index contributed by atoms with van der Waals surface area (Å²) in [5, 5.41) is 13.7. The molecule has 0 saturated carbocycles. The third-order valence-corrected chi connectivity index (χ3v) is 5.40. The van der Waals surface area contributed by atoms with E-state index < -0.39 is 6.10 Å². The number of rotatable bonds is 11. The molecule has 0 spiro atoms. The van der Waals surface area contributed by atoms with Gasteiger partial charge < -0.3 is 19.9 Å². The second kappa shape index (κ2) is 11.8. The van der Waals surface area contributed by atoms with Gasteiger partial charge in [0.2, 0.25) is 0 Å². The topological polar surface area (TPSA) is 54.0 Å². The lowest BCUT2D eigenvalue weighted by Gasteiger charge is -2.29. The van der Waals surface area contributed by atoms with Crippen LogP contribution in [0.3, 0.4) is 0 Å². The molecular formula is C24H34N2O3. The van der Waals surface area contributed by atoms with Gasteiger partial charge in [0.15, 0.2) is 0 Å².